The number of hydrogen-bond donors (Lipinski definition) is 2. The van der Waals surface area contributed by atoms with Gasteiger partial charge in [0.2, 0.25) is 0 Å². The number of benzene rings is 2. The van der Waals surface area contributed by atoms with Crippen LogP contribution in [-0.4, -0.2) is 57.1 Å². The minimum absolute atomic E-state index is 0.0155. The molecule has 1 heterocycles. The molecule has 1 aliphatic carbocycles. The number of carbonyl (C=O) groups is 3. The predicted octanol–water partition coefficient (Wildman–Crippen LogP) is 3.45. The van der Waals surface area contributed by atoms with Gasteiger partial charge in [-0.15, -0.1) is 0 Å². The van der Waals surface area contributed by atoms with E-state index in [0.29, 0.717) is 0 Å². The summed E-state index contributed by atoms with van der Waals surface area (Å²) in [5, 5.41) is 11.9. The highest BCUT2D eigenvalue weighted by Gasteiger charge is 2.35. The van der Waals surface area contributed by atoms with Crippen molar-refractivity contribution in [3.05, 3.63) is 83.4 Å². The highest BCUT2D eigenvalue weighted by Crippen LogP contribution is 2.44. The van der Waals surface area contributed by atoms with Gasteiger partial charge in [0.05, 0.1) is 12.1 Å². The average molecular weight is 475 g/mol. The molecular formula is C26H26N4O5. The van der Waals surface area contributed by atoms with E-state index in [2.05, 4.69) is 27.4 Å². The third kappa shape index (κ3) is 4.70. The van der Waals surface area contributed by atoms with Crippen molar-refractivity contribution >= 4 is 18.0 Å². The van der Waals surface area contributed by atoms with E-state index < -0.39 is 23.5 Å². The lowest BCUT2D eigenvalue weighted by molar-refractivity contribution is -0.147. The maximum absolute atomic E-state index is 12.6. The van der Waals surface area contributed by atoms with E-state index in [-0.39, 0.29) is 30.5 Å². The first-order valence-corrected chi connectivity index (χ1v) is 11.1. The molecule has 2 aromatic carbocycles. The zero-order chi connectivity index (χ0) is 25.2. The second-order valence-corrected chi connectivity index (χ2v) is 8.80. The molecule has 1 aromatic heterocycles. The second-order valence-electron chi connectivity index (χ2n) is 8.80. The number of carboxylic acids is 1. The lowest BCUT2D eigenvalue weighted by Gasteiger charge is -2.31. The van der Waals surface area contributed by atoms with Crippen LogP contribution in [0.4, 0.5) is 4.79 Å². The Bertz CT molecular complexity index is 1230. The molecule has 9 heteroatoms. The van der Waals surface area contributed by atoms with Crippen LogP contribution in [0.5, 0.6) is 0 Å². The van der Waals surface area contributed by atoms with E-state index in [9.17, 15) is 19.5 Å². The Balaban J connectivity index is 1.33. The number of carbonyl (C=O) groups excluding carboxylic acids is 2. The summed E-state index contributed by atoms with van der Waals surface area (Å²) >= 11 is 0. The van der Waals surface area contributed by atoms with E-state index in [0.717, 1.165) is 27.2 Å². The van der Waals surface area contributed by atoms with Crippen molar-refractivity contribution in [1.29, 1.82) is 0 Å². The largest absolute Gasteiger partial charge is 0.480 e. The van der Waals surface area contributed by atoms with Crippen LogP contribution in [0.3, 0.4) is 0 Å². The van der Waals surface area contributed by atoms with E-state index in [1.807, 2.05) is 36.4 Å². The molecule has 0 spiro atoms. The fraction of sp³-hybridized carbons (Fsp3) is 0.269. The van der Waals surface area contributed by atoms with Crippen LogP contribution >= 0.6 is 0 Å². The summed E-state index contributed by atoms with van der Waals surface area (Å²) < 4.78 is 5.49. The summed E-state index contributed by atoms with van der Waals surface area (Å²) in [6.07, 6.45) is 2.01. The van der Waals surface area contributed by atoms with Crippen LogP contribution in [0.2, 0.25) is 0 Å². The number of likely N-dealkylation sites (N-methyl/N-ethyl adjacent to an activating group) is 1. The Morgan fingerprint density at radius 2 is 1.54 bits per heavy atom. The van der Waals surface area contributed by atoms with Crippen molar-refractivity contribution in [2.75, 3.05) is 13.7 Å². The zero-order valence-corrected chi connectivity index (χ0v) is 19.7. The molecule has 0 aliphatic heterocycles. The van der Waals surface area contributed by atoms with Crippen molar-refractivity contribution in [1.82, 2.24) is 20.2 Å². The third-order valence-corrected chi connectivity index (χ3v) is 6.35. The highest BCUT2D eigenvalue weighted by molar-refractivity contribution is 5.97. The fourth-order valence-corrected chi connectivity index (χ4v) is 3.95. The number of nitrogens with zero attached hydrogens (tertiary/aromatic N) is 3. The number of aromatic nitrogens is 2. The molecule has 3 aromatic rings. The first kappa shape index (κ1) is 23.9. The molecule has 0 saturated carbocycles. The van der Waals surface area contributed by atoms with E-state index >= 15 is 0 Å². The van der Waals surface area contributed by atoms with Gasteiger partial charge >= 0.3 is 12.1 Å². The molecular weight excluding hydrogens is 448 g/mol. The Labute approximate surface area is 202 Å². The molecule has 2 amide bonds. The van der Waals surface area contributed by atoms with E-state index in [1.165, 1.54) is 33.3 Å². The number of aliphatic carboxylic acids is 1. The SMILES string of the molecule is CN(C(=O)c1cnc(CNC(=O)OCC2c3ccccc3-c3ccccc32)nc1)C(C)(C)C(=O)O. The fourth-order valence-electron chi connectivity index (χ4n) is 3.95. The summed E-state index contributed by atoms with van der Waals surface area (Å²) in [7, 11) is 1.41. The molecule has 0 atom stereocenters. The van der Waals surface area contributed by atoms with Crippen molar-refractivity contribution < 1.29 is 24.2 Å². The molecule has 0 bridgehead atoms. The second kappa shape index (κ2) is 9.54. The number of nitrogens with one attached hydrogen (secondary N) is 1. The molecule has 35 heavy (non-hydrogen) atoms. The number of hydrogen-bond acceptors (Lipinski definition) is 6. The van der Waals surface area contributed by atoms with Gasteiger partial charge in [-0.2, -0.15) is 0 Å². The predicted molar refractivity (Wildman–Crippen MR) is 128 cm³/mol. The van der Waals surface area contributed by atoms with Gasteiger partial charge in [0, 0.05) is 25.4 Å². The van der Waals surface area contributed by atoms with Crippen LogP contribution in [0.25, 0.3) is 11.1 Å². The average Bonchev–Trinajstić information content (AvgIpc) is 3.19. The van der Waals surface area contributed by atoms with Crippen LogP contribution in [0.1, 0.15) is 47.1 Å². The Kier molecular flexibility index (Phi) is 6.50. The molecule has 1 aliphatic rings. The van der Waals surface area contributed by atoms with Gasteiger partial charge in [0.1, 0.15) is 18.0 Å². The Hall–Kier alpha value is -4.27. The van der Waals surface area contributed by atoms with E-state index in [4.69, 9.17) is 4.74 Å². The molecule has 180 valence electrons. The van der Waals surface area contributed by atoms with Crippen molar-refractivity contribution in [3.63, 3.8) is 0 Å². The number of ether oxygens (including phenoxy) is 1. The maximum atomic E-state index is 12.6. The number of rotatable bonds is 7. The number of amides is 2. The quantitative estimate of drug-likeness (QED) is 0.538. The monoisotopic (exact) mass is 474 g/mol. The first-order chi connectivity index (χ1) is 16.7. The molecule has 2 N–H and O–H groups in total. The number of carboxylic acid groups (broad SMARTS) is 1. The van der Waals surface area contributed by atoms with Crippen molar-refractivity contribution in [2.24, 2.45) is 0 Å². The molecule has 0 saturated heterocycles. The summed E-state index contributed by atoms with van der Waals surface area (Å²) in [5.74, 6) is -1.40. The van der Waals surface area contributed by atoms with E-state index in [1.54, 1.807) is 0 Å². The first-order valence-electron chi connectivity index (χ1n) is 11.1. The maximum Gasteiger partial charge on any atom is 0.407 e. The zero-order valence-electron chi connectivity index (χ0n) is 19.7. The van der Waals surface area contributed by atoms with Gasteiger partial charge in [-0.1, -0.05) is 48.5 Å². The topological polar surface area (TPSA) is 122 Å². The molecule has 4 rings (SSSR count). The van der Waals surface area contributed by atoms with Gasteiger partial charge in [-0.25, -0.2) is 19.6 Å². The number of alkyl carbamates (subject to hydrolysis) is 1. The molecule has 0 fully saturated rings. The molecule has 9 nitrogen and oxygen atoms in total. The Morgan fingerprint density at radius 3 is 2.09 bits per heavy atom. The summed E-state index contributed by atoms with van der Waals surface area (Å²) in [6.45, 7) is 3.07. The Morgan fingerprint density at radius 1 is 1.00 bits per heavy atom. The van der Waals surface area contributed by atoms with Crippen LogP contribution < -0.4 is 5.32 Å². The van der Waals surface area contributed by atoms with Gasteiger partial charge in [0.15, 0.2) is 0 Å². The lowest BCUT2D eigenvalue weighted by atomic mass is 9.98. The van der Waals surface area contributed by atoms with Crippen LogP contribution in [0.15, 0.2) is 60.9 Å². The molecule has 0 unspecified atom stereocenters. The van der Waals surface area contributed by atoms with Crippen LogP contribution in [-0.2, 0) is 16.1 Å². The van der Waals surface area contributed by atoms with Gasteiger partial charge in [-0.05, 0) is 36.1 Å². The minimum Gasteiger partial charge on any atom is -0.480 e. The third-order valence-electron chi connectivity index (χ3n) is 6.35. The minimum atomic E-state index is -1.39. The normalized spacial score (nSPS) is 12.4. The van der Waals surface area contributed by atoms with Crippen molar-refractivity contribution in [2.45, 2.75) is 31.8 Å². The summed E-state index contributed by atoms with van der Waals surface area (Å²) in [6, 6.07) is 16.2. The van der Waals surface area contributed by atoms with Gasteiger partial charge < -0.3 is 20.1 Å². The van der Waals surface area contributed by atoms with Crippen LogP contribution in [0, 0.1) is 0 Å². The standard InChI is InChI=1S/C26H26N4O5/c1-26(2,24(32)33)30(3)23(31)16-12-27-22(28-13-16)14-29-25(34)35-15-21-19-10-6-4-8-17(19)18-9-5-7-11-20(18)21/h4-13,21H,14-15H2,1-3H3,(H,29,34)(H,32,33). The van der Waals surface area contributed by atoms with Gasteiger partial charge in [-0.3, -0.25) is 4.79 Å². The van der Waals surface area contributed by atoms with Gasteiger partial charge in [0.25, 0.3) is 5.91 Å². The highest BCUT2D eigenvalue weighted by atomic mass is 16.5. The lowest BCUT2D eigenvalue weighted by Crippen LogP contribution is -2.50. The van der Waals surface area contributed by atoms with Crippen molar-refractivity contribution in [3.8, 4) is 11.1 Å². The smallest absolute Gasteiger partial charge is 0.407 e. The molecule has 0 radical (unpaired) electrons. The summed E-state index contributed by atoms with van der Waals surface area (Å²) in [5.41, 5.74) is 3.31. The summed E-state index contributed by atoms with van der Waals surface area (Å²) in [4.78, 5) is 45.6. The number of fused-ring (bicyclic) bond motifs is 3.